The van der Waals surface area contributed by atoms with Crippen LogP contribution < -0.4 is 5.73 Å². The summed E-state index contributed by atoms with van der Waals surface area (Å²) in [4.78, 5) is 2.85. The van der Waals surface area contributed by atoms with Crippen molar-refractivity contribution in [3.8, 4) is 0 Å². The Morgan fingerprint density at radius 1 is 1.38 bits per heavy atom. The summed E-state index contributed by atoms with van der Waals surface area (Å²) < 4.78 is 0. The van der Waals surface area contributed by atoms with Gasteiger partial charge < -0.3 is 10.6 Å². The van der Waals surface area contributed by atoms with E-state index in [0.29, 0.717) is 4.99 Å². The lowest BCUT2D eigenvalue weighted by Crippen LogP contribution is -2.20. The van der Waals surface area contributed by atoms with E-state index in [1.165, 1.54) is 5.56 Å². The molecule has 0 unspecified atom stereocenters. The van der Waals surface area contributed by atoms with Gasteiger partial charge in [-0.3, -0.25) is 0 Å². The van der Waals surface area contributed by atoms with E-state index in [9.17, 15) is 0 Å². The van der Waals surface area contributed by atoms with Gasteiger partial charge in [-0.25, -0.2) is 0 Å². The lowest BCUT2D eigenvalue weighted by Gasteiger charge is -2.16. The summed E-state index contributed by atoms with van der Waals surface area (Å²) >= 11 is 10.7. The SMILES string of the molecule is CN(CCCC(N)=S)Cc1ccc(Cl)cc1. The zero-order chi connectivity index (χ0) is 12.0. The molecule has 1 aromatic carbocycles. The maximum atomic E-state index is 5.82. The Balaban J connectivity index is 2.31. The molecule has 16 heavy (non-hydrogen) atoms. The smallest absolute Gasteiger partial charge is 0.0727 e. The summed E-state index contributed by atoms with van der Waals surface area (Å²) in [6.07, 6.45) is 1.83. The van der Waals surface area contributed by atoms with E-state index in [-0.39, 0.29) is 0 Å². The summed E-state index contributed by atoms with van der Waals surface area (Å²) in [5.74, 6) is 0. The number of halogens is 1. The van der Waals surface area contributed by atoms with Gasteiger partial charge in [-0.1, -0.05) is 36.0 Å². The molecular weight excluding hydrogens is 240 g/mol. The second kappa shape index (κ2) is 6.84. The van der Waals surface area contributed by atoms with E-state index in [0.717, 1.165) is 31.0 Å². The van der Waals surface area contributed by atoms with Crippen LogP contribution in [0.5, 0.6) is 0 Å². The van der Waals surface area contributed by atoms with Crippen molar-refractivity contribution in [1.29, 1.82) is 0 Å². The normalized spacial score (nSPS) is 10.7. The second-order valence-corrected chi connectivity index (χ2v) is 4.89. The first-order valence-corrected chi connectivity index (χ1v) is 6.08. The molecule has 0 fully saturated rings. The van der Waals surface area contributed by atoms with E-state index in [2.05, 4.69) is 11.9 Å². The number of thiocarbonyl (C=S) groups is 1. The quantitative estimate of drug-likeness (QED) is 0.794. The van der Waals surface area contributed by atoms with Crippen molar-refractivity contribution in [2.75, 3.05) is 13.6 Å². The third kappa shape index (κ3) is 5.45. The third-order valence-electron chi connectivity index (χ3n) is 2.33. The predicted octanol–water partition coefficient (Wildman–Crippen LogP) is 2.84. The molecule has 0 saturated heterocycles. The number of hydrogen-bond acceptors (Lipinski definition) is 2. The van der Waals surface area contributed by atoms with Gasteiger partial charge in [0.2, 0.25) is 0 Å². The van der Waals surface area contributed by atoms with Crippen molar-refractivity contribution in [3.05, 3.63) is 34.9 Å². The number of nitrogens with two attached hydrogens (primary N) is 1. The van der Waals surface area contributed by atoms with Gasteiger partial charge in [0.1, 0.15) is 0 Å². The average Bonchev–Trinajstić information content (AvgIpc) is 2.21. The minimum atomic E-state index is 0.597. The molecule has 1 rings (SSSR count). The molecule has 0 amide bonds. The molecule has 0 saturated carbocycles. The summed E-state index contributed by atoms with van der Waals surface area (Å²) in [6.45, 7) is 1.93. The van der Waals surface area contributed by atoms with Crippen LogP contribution in [-0.2, 0) is 6.54 Å². The van der Waals surface area contributed by atoms with Crippen LogP contribution in [0.25, 0.3) is 0 Å². The van der Waals surface area contributed by atoms with Crippen LogP contribution in [0.1, 0.15) is 18.4 Å². The van der Waals surface area contributed by atoms with Crippen LogP contribution in [0, 0.1) is 0 Å². The van der Waals surface area contributed by atoms with E-state index in [1.54, 1.807) is 0 Å². The summed E-state index contributed by atoms with van der Waals surface area (Å²) in [7, 11) is 2.09. The van der Waals surface area contributed by atoms with Gasteiger partial charge in [-0.2, -0.15) is 0 Å². The lowest BCUT2D eigenvalue weighted by atomic mass is 10.2. The fourth-order valence-electron chi connectivity index (χ4n) is 1.50. The summed E-state index contributed by atoms with van der Waals surface area (Å²) in [6, 6.07) is 7.93. The van der Waals surface area contributed by atoms with Crippen molar-refractivity contribution in [1.82, 2.24) is 4.90 Å². The van der Waals surface area contributed by atoms with Crippen LogP contribution in [0.4, 0.5) is 0 Å². The van der Waals surface area contributed by atoms with Crippen LogP contribution in [-0.4, -0.2) is 23.5 Å². The van der Waals surface area contributed by atoms with E-state index in [4.69, 9.17) is 29.6 Å². The fraction of sp³-hybridized carbons (Fsp3) is 0.417. The van der Waals surface area contributed by atoms with Crippen LogP contribution in [0.3, 0.4) is 0 Å². The molecule has 0 radical (unpaired) electrons. The molecule has 88 valence electrons. The van der Waals surface area contributed by atoms with Crippen molar-refractivity contribution in [3.63, 3.8) is 0 Å². The molecule has 1 aromatic rings. The molecule has 0 aliphatic rings. The van der Waals surface area contributed by atoms with Gasteiger partial charge in [0, 0.05) is 11.6 Å². The maximum Gasteiger partial charge on any atom is 0.0727 e. The largest absolute Gasteiger partial charge is 0.393 e. The summed E-state index contributed by atoms with van der Waals surface area (Å²) in [5.41, 5.74) is 6.71. The number of hydrogen-bond donors (Lipinski definition) is 1. The Hall–Kier alpha value is -0.640. The van der Waals surface area contributed by atoms with E-state index in [1.807, 2.05) is 24.3 Å². The molecule has 4 heteroatoms. The Morgan fingerprint density at radius 3 is 2.56 bits per heavy atom. The molecule has 2 N–H and O–H groups in total. The molecule has 0 bridgehead atoms. The average molecular weight is 257 g/mol. The third-order valence-corrected chi connectivity index (χ3v) is 2.78. The van der Waals surface area contributed by atoms with Crippen LogP contribution in [0.2, 0.25) is 5.02 Å². The van der Waals surface area contributed by atoms with E-state index >= 15 is 0 Å². The van der Waals surface area contributed by atoms with Crippen LogP contribution in [0.15, 0.2) is 24.3 Å². The summed E-state index contributed by atoms with van der Waals surface area (Å²) in [5, 5.41) is 0.778. The van der Waals surface area contributed by atoms with Crippen LogP contribution >= 0.6 is 23.8 Å². The van der Waals surface area contributed by atoms with Gasteiger partial charge in [0.25, 0.3) is 0 Å². The molecule has 0 spiro atoms. The van der Waals surface area contributed by atoms with Gasteiger partial charge in [0.15, 0.2) is 0 Å². The van der Waals surface area contributed by atoms with Crippen molar-refractivity contribution in [2.45, 2.75) is 19.4 Å². The topological polar surface area (TPSA) is 29.3 Å². The molecule has 2 nitrogen and oxygen atoms in total. The number of rotatable bonds is 6. The second-order valence-electron chi connectivity index (χ2n) is 3.93. The van der Waals surface area contributed by atoms with Crippen molar-refractivity contribution < 1.29 is 0 Å². The van der Waals surface area contributed by atoms with Crippen molar-refractivity contribution in [2.24, 2.45) is 5.73 Å². The fourth-order valence-corrected chi connectivity index (χ4v) is 1.77. The van der Waals surface area contributed by atoms with Gasteiger partial charge >= 0.3 is 0 Å². The predicted molar refractivity (Wildman–Crippen MR) is 73.8 cm³/mol. The Labute approximate surface area is 107 Å². The first-order valence-electron chi connectivity index (χ1n) is 5.29. The Morgan fingerprint density at radius 2 is 2.00 bits per heavy atom. The number of benzene rings is 1. The minimum absolute atomic E-state index is 0.597. The Bertz CT molecular complexity index is 337. The molecule has 0 atom stereocenters. The molecule has 0 aliphatic carbocycles. The molecular formula is C12H17ClN2S. The Kier molecular flexibility index (Phi) is 5.74. The van der Waals surface area contributed by atoms with Gasteiger partial charge in [0.05, 0.1) is 4.99 Å². The highest BCUT2D eigenvalue weighted by Gasteiger charge is 2.00. The zero-order valence-corrected chi connectivity index (χ0v) is 11.0. The lowest BCUT2D eigenvalue weighted by molar-refractivity contribution is 0.324. The molecule has 0 heterocycles. The minimum Gasteiger partial charge on any atom is -0.393 e. The maximum absolute atomic E-state index is 5.82. The number of nitrogens with zero attached hydrogens (tertiary/aromatic N) is 1. The highest BCUT2D eigenvalue weighted by atomic mass is 35.5. The zero-order valence-electron chi connectivity index (χ0n) is 9.45. The molecule has 0 aliphatic heterocycles. The first-order chi connectivity index (χ1) is 7.58. The highest BCUT2D eigenvalue weighted by molar-refractivity contribution is 7.80. The van der Waals surface area contributed by atoms with Crippen molar-refractivity contribution >= 4 is 28.8 Å². The van der Waals surface area contributed by atoms with E-state index < -0.39 is 0 Å². The highest BCUT2D eigenvalue weighted by Crippen LogP contribution is 2.11. The van der Waals surface area contributed by atoms with Gasteiger partial charge in [-0.05, 0) is 44.1 Å². The monoisotopic (exact) mass is 256 g/mol. The van der Waals surface area contributed by atoms with Gasteiger partial charge in [-0.15, -0.1) is 0 Å². The first kappa shape index (κ1) is 13.4. The standard InChI is InChI=1S/C12H17ClN2S/c1-15(8-2-3-12(14)16)9-10-4-6-11(13)7-5-10/h4-7H,2-3,8-9H2,1H3,(H2,14,16). The molecule has 0 aromatic heterocycles.